The van der Waals surface area contributed by atoms with Gasteiger partial charge in [-0.15, -0.1) is 5.46 Å². The summed E-state index contributed by atoms with van der Waals surface area (Å²) in [5.41, 5.74) is 0.901. The first-order chi connectivity index (χ1) is 7.84. The minimum Gasteiger partial charge on any atom is -0.486 e. The maximum atomic E-state index is 13.2. The van der Waals surface area contributed by atoms with Gasteiger partial charge in [0.25, 0.3) is 0 Å². The van der Waals surface area contributed by atoms with Crippen molar-refractivity contribution in [3.63, 3.8) is 0 Å². The standard InChI is InChI=1S/C10H9BClF4O.K/c1-7(5-12)6-17-10-4-8(11(14,15)16)2-3-9(10)13;/h2-5H,6H2,1H3;/q-1;+1/b7-5-;. The van der Waals surface area contributed by atoms with Crippen molar-refractivity contribution in [2.24, 2.45) is 0 Å². The van der Waals surface area contributed by atoms with Crippen LogP contribution in [0.5, 0.6) is 5.75 Å². The van der Waals surface area contributed by atoms with Crippen LogP contribution >= 0.6 is 11.6 Å². The summed E-state index contributed by atoms with van der Waals surface area (Å²) in [6.45, 7) is -3.61. The molecule has 0 atom stereocenters. The molecule has 0 saturated carbocycles. The Hall–Kier alpha value is 0.471. The van der Waals surface area contributed by atoms with Crippen LogP contribution in [0.3, 0.4) is 0 Å². The largest absolute Gasteiger partial charge is 1.00 e. The topological polar surface area (TPSA) is 9.23 Å². The first kappa shape index (κ1) is 18.5. The first-order valence-electron chi connectivity index (χ1n) is 4.72. The zero-order chi connectivity index (χ0) is 13.1. The van der Waals surface area contributed by atoms with Crippen LogP contribution in [0.2, 0.25) is 0 Å². The second-order valence-electron chi connectivity index (χ2n) is 3.51. The summed E-state index contributed by atoms with van der Waals surface area (Å²) >= 11 is 5.35. The summed E-state index contributed by atoms with van der Waals surface area (Å²) < 4.78 is 55.3. The zero-order valence-corrected chi connectivity index (χ0v) is 13.8. The summed E-state index contributed by atoms with van der Waals surface area (Å²) in [7, 11) is 0. The fourth-order valence-corrected chi connectivity index (χ4v) is 1.12. The van der Waals surface area contributed by atoms with Crippen LogP contribution in [-0.2, 0) is 0 Å². The van der Waals surface area contributed by atoms with Crippen molar-refractivity contribution in [1.82, 2.24) is 0 Å². The third-order valence-electron chi connectivity index (χ3n) is 1.97. The minimum atomic E-state index is -5.16. The van der Waals surface area contributed by atoms with E-state index in [1.165, 1.54) is 5.54 Å². The summed E-state index contributed by atoms with van der Waals surface area (Å²) in [5.74, 6) is -1.27. The monoisotopic (exact) mass is 306 g/mol. The van der Waals surface area contributed by atoms with E-state index >= 15 is 0 Å². The quantitative estimate of drug-likeness (QED) is 0.578. The molecule has 18 heavy (non-hydrogen) atoms. The molecule has 1 aromatic carbocycles. The molecular formula is C10H9BClF4KO. The molecule has 1 rings (SSSR count). The SMILES string of the molecule is C/C(=C/Cl)COc1cc([B-](F)(F)F)ccc1F.[K+]. The van der Waals surface area contributed by atoms with E-state index in [1.807, 2.05) is 0 Å². The Bertz CT molecular complexity index is 436. The van der Waals surface area contributed by atoms with Crippen LogP contribution in [-0.4, -0.2) is 13.6 Å². The van der Waals surface area contributed by atoms with Gasteiger partial charge in [0.05, 0.1) is 0 Å². The van der Waals surface area contributed by atoms with Crippen LogP contribution in [0.4, 0.5) is 17.3 Å². The van der Waals surface area contributed by atoms with Crippen LogP contribution in [0.25, 0.3) is 0 Å². The van der Waals surface area contributed by atoms with Gasteiger partial charge < -0.3 is 17.7 Å². The van der Waals surface area contributed by atoms with Gasteiger partial charge in [0.2, 0.25) is 0 Å². The molecule has 8 heteroatoms. The molecule has 0 bridgehead atoms. The molecular weight excluding hydrogens is 297 g/mol. The molecule has 1 nitrogen and oxygen atoms in total. The average molecular weight is 307 g/mol. The molecule has 94 valence electrons. The number of benzene rings is 1. The van der Waals surface area contributed by atoms with Gasteiger partial charge in [-0.3, -0.25) is 0 Å². The number of rotatable bonds is 4. The molecule has 0 unspecified atom stereocenters. The number of halogens is 5. The van der Waals surface area contributed by atoms with Gasteiger partial charge in [0, 0.05) is 5.54 Å². The average Bonchev–Trinajstić information content (AvgIpc) is 2.26. The number of hydrogen-bond donors (Lipinski definition) is 0. The maximum absolute atomic E-state index is 13.2. The molecule has 0 saturated heterocycles. The van der Waals surface area contributed by atoms with E-state index in [2.05, 4.69) is 0 Å². The Labute approximate surface area is 150 Å². The van der Waals surface area contributed by atoms with Gasteiger partial charge in [0.15, 0.2) is 11.6 Å². The predicted molar refractivity (Wildman–Crippen MR) is 60.2 cm³/mol. The van der Waals surface area contributed by atoms with Crippen molar-refractivity contribution < 1.29 is 73.5 Å². The van der Waals surface area contributed by atoms with Crippen molar-refractivity contribution in [3.8, 4) is 5.75 Å². The Morgan fingerprint density at radius 1 is 1.39 bits per heavy atom. The molecule has 0 N–H and O–H groups in total. The fraction of sp³-hybridized carbons (Fsp3) is 0.200. The van der Waals surface area contributed by atoms with E-state index in [9.17, 15) is 17.3 Å². The minimum absolute atomic E-state index is 0. The van der Waals surface area contributed by atoms with Gasteiger partial charge in [0.1, 0.15) is 6.61 Å². The summed E-state index contributed by atoms with van der Waals surface area (Å²) in [6, 6.07) is 2.07. The first-order valence-corrected chi connectivity index (χ1v) is 5.16. The second kappa shape index (κ2) is 7.92. The molecule has 0 spiro atoms. The molecule has 0 aromatic heterocycles. The van der Waals surface area contributed by atoms with Gasteiger partial charge in [-0.1, -0.05) is 17.7 Å². The van der Waals surface area contributed by atoms with E-state index in [0.717, 1.165) is 6.07 Å². The summed E-state index contributed by atoms with van der Waals surface area (Å²) in [4.78, 5) is 0. The molecule has 0 aliphatic carbocycles. The Morgan fingerprint density at radius 3 is 2.50 bits per heavy atom. The van der Waals surface area contributed by atoms with Crippen molar-refractivity contribution >= 4 is 24.0 Å². The van der Waals surface area contributed by atoms with Crippen LogP contribution < -0.4 is 61.6 Å². The smallest absolute Gasteiger partial charge is 0.486 e. The van der Waals surface area contributed by atoms with Gasteiger partial charge in [-0.25, -0.2) is 4.39 Å². The van der Waals surface area contributed by atoms with Crippen LogP contribution in [0.1, 0.15) is 6.92 Å². The number of hydrogen-bond acceptors (Lipinski definition) is 1. The Balaban J connectivity index is 0.00000289. The van der Waals surface area contributed by atoms with E-state index in [0.29, 0.717) is 17.7 Å². The van der Waals surface area contributed by atoms with E-state index in [-0.39, 0.29) is 58.0 Å². The molecule has 1 aromatic rings. The third-order valence-corrected chi connectivity index (χ3v) is 2.35. The number of ether oxygens (including phenoxy) is 1. The zero-order valence-electron chi connectivity index (χ0n) is 9.89. The third kappa shape index (κ3) is 5.63. The van der Waals surface area contributed by atoms with Gasteiger partial charge in [-0.2, -0.15) is 0 Å². The molecule has 0 radical (unpaired) electrons. The fourth-order valence-electron chi connectivity index (χ4n) is 1.06. The molecule has 0 amide bonds. The summed E-state index contributed by atoms with van der Waals surface area (Å²) in [6.07, 6.45) is 0. The predicted octanol–water partition coefficient (Wildman–Crippen LogP) is 0.405. The van der Waals surface area contributed by atoms with Gasteiger partial charge in [-0.05, 0) is 24.6 Å². The second-order valence-corrected chi connectivity index (χ2v) is 3.73. The van der Waals surface area contributed by atoms with E-state index in [1.54, 1.807) is 6.92 Å². The van der Waals surface area contributed by atoms with Crippen molar-refractivity contribution in [2.45, 2.75) is 6.92 Å². The Kier molecular flexibility index (Phi) is 8.12. The maximum Gasteiger partial charge on any atom is 1.00 e. The molecule has 0 aliphatic rings. The van der Waals surface area contributed by atoms with Crippen LogP contribution in [0, 0.1) is 5.82 Å². The van der Waals surface area contributed by atoms with E-state index < -0.39 is 24.0 Å². The Morgan fingerprint density at radius 2 is 2.00 bits per heavy atom. The summed E-state index contributed by atoms with van der Waals surface area (Å²) in [5, 5.41) is 0. The van der Waals surface area contributed by atoms with E-state index in [4.69, 9.17) is 16.3 Å². The van der Waals surface area contributed by atoms with Crippen molar-refractivity contribution in [1.29, 1.82) is 0 Å². The molecule has 0 aliphatic heterocycles. The van der Waals surface area contributed by atoms with Gasteiger partial charge >= 0.3 is 58.4 Å². The normalized spacial score (nSPS) is 12.0. The van der Waals surface area contributed by atoms with Crippen molar-refractivity contribution in [2.75, 3.05) is 6.61 Å². The van der Waals surface area contributed by atoms with Crippen LogP contribution in [0.15, 0.2) is 29.3 Å². The molecule has 0 fully saturated rings. The van der Waals surface area contributed by atoms with Crippen molar-refractivity contribution in [3.05, 3.63) is 35.1 Å². The molecule has 0 heterocycles.